The number of benzene rings is 1. The molecule has 1 aliphatic heterocycles. The van der Waals surface area contributed by atoms with Gasteiger partial charge in [0.05, 0.1) is 0 Å². The molecule has 0 aliphatic carbocycles. The number of fused-ring (bicyclic) bond motifs is 1. The fourth-order valence-corrected chi connectivity index (χ4v) is 2.70. The van der Waals surface area contributed by atoms with E-state index in [0.717, 1.165) is 19.5 Å². The maximum Gasteiger partial charge on any atom is 0.222 e. The van der Waals surface area contributed by atoms with Crippen LogP contribution >= 0.6 is 0 Å². The van der Waals surface area contributed by atoms with Gasteiger partial charge in [0.1, 0.15) is 0 Å². The predicted octanol–water partition coefficient (Wildman–Crippen LogP) is 3.19. The summed E-state index contributed by atoms with van der Waals surface area (Å²) in [5.41, 5.74) is 3.79. The summed E-state index contributed by atoms with van der Waals surface area (Å²) in [6.07, 6.45) is 5.80. The first-order valence-electron chi connectivity index (χ1n) is 6.83. The average molecular weight is 254 g/mol. The fraction of sp³-hybridized carbons (Fsp3) is 0.312. The first-order valence-corrected chi connectivity index (χ1v) is 6.83. The van der Waals surface area contributed by atoms with Crippen molar-refractivity contribution in [2.75, 3.05) is 13.1 Å². The molecule has 0 saturated heterocycles. The van der Waals surface area contributed by atoms with Crippen molar-refractivity contribution in [3.8, 4) is 0 Å². The number of rotatable bonds is 2. The zero-order valence-electron chi connectivity index (χ0n) is 11.1. The van der Waals surface area contributed by atoms with Crippen molar-refractivity contribution in [3.63, 3.8) is 0 Å². The van der Waals surface area contributed by atoms with Crippen LogP contribution in [0.15, 0.2) is 36.5 Å². The smallest absolute Gasteiger partial charge is 0.222 e. The number of hydrogen-bond donors (Lipinski definition) is 1. The Morgan fingerprint density at radius 1 is 1.37 bits per heavy atom. The Labute approximate surface area is 112 Å². The van der Waals surface area contributed by atoms with Crippen molar-refractivity contribution < 1.29 is 4.79 Å². The van der Waals surface area contributed by atoms with Crippen LogP contribution in [0.3, 0.4) is 0 Å². The Balaban J connectivity index is 1.88. The summed E-state index contributed by atoms with van der Waals surface area (Å²) in [6, 6.07) is 8.34. The van der Waals surface area contributed by atoms with Crippen LogP contribution in [0, 0.1) is 0 Å². The molecular formula is C16H18N2O. The first kappa shape index (κ1) is 12.0. The highest BCUT2D eigenvalue weighted by molar-refractivity contribution is 5.93. The monoisotopic (exact) mass is 254 g/mol. The van der Waals surface area contributed by atoms with Crippen molar-refractivity contribution in [2.24, 2.45) is 0 Å². The van der Waals surface area contributed by atoms with Gasteiger partial charge in [0, 0.05) is 42.2 Å². The van der Waals surface area contributed by atoms with E-state index in [1.54, 1.807) is 0 Å². The molecule has 1 amide bonds. The van der Waals surface area contributed by atoms with E-state index < -0.39 is 0 Å². The van der Waals surface area contributed by atoms with E-state index in [-0.39, 0.29) is 5.91 Å². The van der Waals surface area contributed by atoms with Crippen molar-refractivity contribution in [1.29, 1.82) is 0 Å². The van der Waals surface area contributed by atoms with Crippen LogP contribution in [-0.2, 0) is 4.79 Å². The third kappa shape index (κ3) is 2.16. The number of aromatic nitrogens is 1. The van der Waals surface area contributed by atoms with Crippen LogP contribution in [0.4, 0.5) is 0 Å². The minimum absolute atomic E-state index is 0.245. The van der Waals surface area contributed by atoms with Gasteiger partial charge in [-0.25, -0.2) is 0 Å². The zero-order valence-corrected chi connectivity index (χ0v) is 11.1. The number of aromatic amines is 1. The van der Waals surface area contributed by atoms with E-state index in [9.17, 15) is 4.79 Å². The van der Waals surface area contributed by atoms with Gasteiger partial charge in [-0.15, -0.1) is 0 Å². The molecule has 3 rings (SSSR count). The fourth-order valence-electron chi connectivity index (χ4n) is 2.70. The molecule has 3 heteroatoms. The Morgan fingerprint density at radius 2 is 2.21 bits per heavy atom. The molecule has 19 heavy (non-hydrogen) atoms. The second kappa shape index (κ2) is 4.92. The lowest BCUT2D eigenvalue weighted by molar-refractivity contribution is -0.130. The number of H-pyrrole nitrogens is 1. The molecule has 1 N–H and O–H groups in total. The van der Waals surface area contributed by atoms with Crippen LogP contribution in [0.1, 0.15) is 25.3 Å². The second-order valence-corrected chi connectivity index (χ2v) is 4.92. The van der Waals surface area contributed by atoms with E-state index in [4.69, 9.17) is 0 Å². The van der Waals surface area contributed by atoms with Gasteiger partial charge < -0.3 is 9.88 Å². The Bertz CT molecular complexity index is 639. The number of nitrogens with one attached hydrogen (secondary N) is 1. The molecule has 98 valence electrons. The quantitative estimate of drug-likeness (QED) is 0.877. The molecular weight excluding hydrogens is 236 g/mol. The molecule has 0 spiro atoms. The van der Waals surface area contributed by atoms with Gasteiger partial charge in [-0.3, -0.25) is 4.79 Å². The number of carbonyl (C=O) groups excluding carboxylic acids is 1. The Morgan fingerprint density at radius 3 is 2.95 bits per heavy atom. The van der Waals surface area contributed by atoms with Crippen molar-refractivity contribution in [2.45, 2.75) is 19.8 Å². The SMILES string of the molecule is CCC(=O)N1CC=C(c2c[nH]c3ccccc23)CC1. The summed E-state index contributed by atoms with van der Waals surface area (Å²) in [5, 5.41) is 1.27. The van der Waals surface area contributed by atoms with Crippen molar-refractivity contribution >= 4 is 22.4 Å². The van der Waals surface area contributed by atoms with E-state index in [1.807, 2.05) is 17.9 Å². The van der Waals surface area contributed by atoms with E-state index in [2.05, 4.69) is 35.5 Å². The van der Waals surface area contributed by atoms with E-state index in [1.165, 1.54) is 22.0 Å². The van der Waals surface area contributed by atoms with E-state index >= 15 is 0 Å². The molecule has 2 aromatic rings. The minimum Gasteiger partial charge on any atom is -0.361 e. The average Bonchev–Trinajstić information content (AvgIpc) is 2.90. The maximum absolute atomic E-state index is 11.7. The van der Waals surface area contributed by atoms with Gasteiger partial charge >= 0.3 is 0 Å². The summed E-state index contributed by atoms with van der Waals surface area (Å²) in [7, 11) is 0. The number of carbonyl (C=O) groups is 1. The lowest BCUT2D eigenvalue weighted by Gasteiger charge is -2.26. The lowest BCUT2D eigenvalue weighted by atomic mass is 9.99. The summed E-state index contributed by atoms with van der Waals surface area (Å²) in [4.78, 5) is 16.9. The molecule has 1 aliphatic rings. The van der Waals surface area contributed by atoms with Gasteiger partial charge in [-0.05, 0) is 18.1 Å². The molecule has 0 fully saturated rings. The number of amides is 1. The molecule has 0 bridgehead atoms. The van der Waals surface area contributed by atoms with Gasteiger partial charge in [0.25, 0.3) is 0 Å². The summed E-state index contributed by atoms with van der Waals surface area (Å²) >= 11 is 0. The number of nitrogens with zero attached hydrogens (tertiary/aromatic N) is 1. The first-order chi connectivity index (χ1) is 9.29. The zero-order chi connectivity index (χ0) is 13.2. The predicted molar refractivity (Wildman–Crippen MR) is 77.8 cm³/mol. The highest BCUT2D eigenvalue weighted by Gasteiger charge is 2.17. The van der Waals surface area contributed by atoms with Gasteiger partial charge in [-0.2, -0.15) is 0 Å². The molecule has 0 radical (unpaired) electrons. The molecule has 0 atom stereocenters. The summed E-state index contributed by atoms with van der Waals surface area (Å²) in [6.45, 7) is 3.49. The van der Waals surface area contributed by atoms with Crippen LogP contribution in [0.5, 0.6) is 0 Å². The molecule has 0 unspecified atom stereocenters. The highest BCUT2D eigenvalue weighted by atomic mass is 16.2. The van der Waals surface area contributed by atoms with Gasteiger partial charge in [0.15, 0.2) is 0 Å². The number of hydrogen-bond acceptors (Lipinski definition) is 1. The normalized spacial score (nSPS) is 15.6. The third-order valence-electron chi connectivity index (χ3n) is 3.80. The van der Waals surface area contributed by atoms with Crippen LogP contribution in [0.25, 0.3) is 16.5 Å². The molecule has 1 aromatic carbocycles. The lowest BCUT2D eigenvalue weighted by Crippen LogP contribution is -2.33. The van der Waals surface area contributed by atoms with Crippen LogP contribution in [-0.4, -0.2) is 28.9 Å². The molecule has 0 saturated carbocycles. The second-order valence-electron chi connectivity index (χ2n) is 4.92. The minimum atomic E-state index is 0.245. The summed E-state index contributed by atoms with van der Waals surface area (Å²) in [5.74, 6) is 0.245. The standard InChI is InChI=1S/C16H18N2O/c1-2-16(19)18-9-7-12(8-10-18)14-11-17-15-6-4-3-5-13(14)15/h3-7,11,17H,2,8-10H2,1H3. The van der Waals surface area contributed by atoms with Gasteiger partial charge in [0.2, 0.25) is 5.91 Å². The van der Waals surface area contributed by atoms with E-state index in [0.29, 0.717) is 6.42 Å². The van der Waals surface area contributed by atoms with Crippen molar-refractivity contribution in [1.82, 2.24) is 9.88 Å². The Kier molecular flexibility index (Phi) is 3.11. The maximum atomic E-state index is 11.7. The largest absolute Gasteiger partial charge is 0.361 e. The van der Waals surface area contributed by atoms with Crippen LogP contribution in [0.2, 0.25) is 0 Å². The molecule has 1 aromatic heterocycles. The highest BCUT2D eigenvalue weighted by Crippen LogP contribution is 2.29. The molecule has 2 heterocycles. The Hall–Kier alpha value is -2.03. The summed E-state index contributed by atoms with van der Waals surface area (Å²) < 4.78 is 0. The topological polar surface area (TPSA) is 36.1 Å². The number of para-hydroxylation sites is 1. The van der Waals surface area contributed by atoms with Crippen molar-refractivity contribution in [3.05, 3.63) is 42.1 Å². The van der Waals surface area contributed by atoms with Crippen LogP contribution < -0.4 is 0 Å². The van der Waals surface area contributed by atoms with Gasteiger partial charge in [-0.1, -0.05) is 31.2 Å². The molecule has 3 nitrogen and oxygen atoms in total. The third-order valence-corrected chi connectivity index (χ3v) is 3.80.